The Bertz CT molecular complexity index is 3310. The van der Waals surface area contributed by atoms with Gasteiger partial charge in [-0.1, -0.05) is 45.6 Å². The van der Waals surface area contributed by atoms with Crippen LogP contribution in [-0.2, 0) is 29.3 Å². The molecule has 0 bridgehead atoms. The first-order chi connectivity index (χ1) is 32.4. The first kappa shape index (κ1) is 46.2. The number of carbonyl (C=O) groups excluding carboxylic acids is 2. The molecule has 0 spiro atoms. The molecule has 16 nitrogen and oxygen atoms in total. The number of nitrogens with one attached hydrogen (secondary N) is 1. The molecule has 4 aromatic heterocycles. The molecular formula is C48H50Cl2N8O8S2. The monoisotopic (exact) mass is 1000 g/mol. The minimum atomic E-state index is -3.05. The van der Waals surface area contributed by atoms with Crippen molar-refractivity contribution >= 4 is 82.4 Å². The van der Waals surface area contributed by atoms with E-state index < -0.39 is 19.7 Å². The molecule has 2 amide bonds. The normalized spacial score (nSPS) is 20.9. The predicted molar refractivity (Wildman–Crippen MR) is 259 cm³/mol. The summed E-state index contributed by atoms with van der Waals surface area (Å²) in [6, 6.07) is 16.8. The maximum absolute atomic E-state index is 13.2. The van der Waals surface area contributed by atoms with E-state index in [-0.39, 0.29) is 59.0 Å². The van der Waals surface area contributed by atoms with Gasteiger partial charge in [-0.15, -0.1) is 0 Å². The number of fused-ring (bicyclic) bond motifs is 2. The maximum atomic E-state index is 13.2. The van der Waals surface area contributed by atoms with Gasteiger partial charge >= 0.3 is 0 Å². The van der Waals surface area contributed by atoms with Crippen LogP contribution in [0.1, 0.15) is 110 Å². The average molecular weight is 1000 g/mol. The Balaban J connectivity index is 0.000000163. The summed E-state index contributed by atoms with van der Waals surface area (Å²) < 4.78 is 63.4. The highest BCUT2D eigenvalue weighted by Gasteiger charge is 2.39. The van der Waals surface area contributed by atoms with E-state index in [2.05, 4.69) is 24.8 Å². The van der Waals surface area contributed by atoms with Gasteiger partial charge in [0.2, 0.25) is 11.8 Å². The number of amides is 2. The molecule has 7 aromatic rings. The second kappa shape index (κ2) is 17.8. The summed E-state index contributed by atoms with van der Waals surface area (Å²) in [6.45, 7) is 7.58. The van der Waals surface area contributed by atoms with Gasteiger partial charge in [-0.3, -0.25) is 9.59 Å². The summed E-state index contributed by atoms with van der Waals surface area (Å²) in [6.07, 6.45) is 4.24. The molecule has 20 heteroatoms. The van der Waals surface area contributed by atoms with E-state index in [1.54, 1.807) is 23.1 Å². The van der Waals surface area contributed by atoms with Gasteiger partial charge in [-0.2, -0.15) is 0 Å². The lowest BCUT2D eigenvalue weighted by Crippen LogP contribution is -2.31. The van der Waals surface area contributed by atoms with Gasteiger partial charge in [0.25, 0.3) is 0 Å². The second-order valence-corrected chi connectivity index (χ2v) is 23.8. The minimum absolute atomic E-state index is 0.0289. The first-order valence-corrected chi connectivity index (χ1v) is 27.2. The standard InChI is InChI=1S/C27H26Cl2N4O4S.C21H24N4O4S/c1-15-26(16(2)37-31-15)17-3-4-23-22(11-17)30-27(33(23)20-7-9-38(35,36)10-8-20)24-5-6-25(34)32(24)21-13-18(28)12-19(29)14-21;1-12-20(13(2)29-24-12)14-3-5-18-17(11-14)23-21(16-4-6-19(26)22-16)25(18)15-7-9-30(27,28)10-8-15/h3-4,11-14,20,24H,5-10H2,1-2H3;3,5,11,15-16H,4,6-10H2,1-2H3,(H,22,26)/t24-;16-/m00/s1. The number of hydrogen-bond donors (Lipinski definition) is 1. The van der Waals surface area contributed by atoms with Crippen LogP contribution in [0.25, 0.3) is 44.3 Å². The molecule has 0 saturated carbocycles. The number of halogens is 2. The van der Waals surface area contributed by atoms with Crippen LogP contribution in [0.3, 0.4) is 0 Å². The van der Waals surface area contributed by atoms with Gasteiger partial charge in [-0.25, -0.2) is 26.8 Å². The Hall–Kier alpha value is -5.56. The number of anilines is 1. The van der Waals surface area contributed by atoms with Crippen molar-refractivity contribution in [3.05, 3.63) is 99.2 Å². The van der Waals surface area contributed by atoms with Crippen LogP contribution in [0.2, 0.25) is 10.0 Å². The van der Waals surface area contributed by atoms with Crippen molar-refractivity contribution in [1.82, 2.24) is 34.7 Å². The van der Waals surface area contributed by atoms with Crippen molar-refractivity contribution in [1.29, 1.82) is 0 Å². The van der Waals surface area contributed by atoms with Crippen molar-refractivity contribution in [2.75, 3.05) is 27.9 Å². The SMILES string of the molecule is Cc1noc(C)c1-c1ccc2c(c1)nc([C@@H]1CCC(=O)N1)n2C1CCS(=O)(=O)CC1.Cc1noc(C)c1-c1ccc2c(c1)nc([C@@H]1CCC(=O)N1c1cc(Cl)cc(Cl)c1)n2C1CCS(=O)(=O)CC1. The van der Waals surface area contributed by atoms with Crippen LogP contribution in [0.5, 0.6) is 0 Å². The molecule has 4 saturated heterocycles. The smallest absolute Gasteiger partial charge is 0.227 e. The second-order valence-electron chi connectivity index (χ2n) is 18.4. The highest BCUT2D eigenvalue weighted by Crippen LogP contribution is 2.43. The molecule has 4 aliphatic rings. The number of aromatic nitrogens is 6. The lowest BCUT2D eigenvalue weighted by molar-refractivity contribution is -0.119. The molecule has 68 heavy (non-hydrogen) atoms. The van der Waals surface area contributed by atoms with Crippen LogP contribution in [0.15, 0.2) is 63.6 Å². The van der Waals surface area contributed by atoms with Gasteiger partial charge in [0, 0.05) is 51.8 Å². The van der Waals surface area contributed by atoms with E-state index in [1.165, 1.54) is 0 Å². The third kappa shape index (κ3) is 8.73. The van der Waals surface area contributed by atoms with E-state index in [1.807, 2.05) is 64.1 Å². The van der Waals surface area contributed by atoms with E-state index >= 15 is 0 Å². The fourth-order valence-corrected chi connectivity index (χ4v) is 14.0. The van der Waals surface area contributed by atoms with E-state index in [0.717, 1.165) is 78.9 Å². The van der Waals surface area contributed by atoms with Crippen molar-refractivity contribution in [2.45, 2.75) is 103 Å². The number of imidazole rings is 2. The zero-order valence-corrected chi connectivity index (χ0v) is 41.1. The number of rotatable bonds is 7. The Morgan fingerprint density at radius 3 is 1.56 bits per heavy atom. The van der Waals surface area contributed by atoms with Gasteiger partial charge in [-0.05, 0) is 120 Å². The quantitative estimate of drug-likeness (QED) is 0.159. The molecule has 8 heterocycles. The Kier molecular flexibility index (Phi) is 12.1. The highest BCUT2D eigenvalue weighted by molar-refractivity contribution is 7.91. The fraction of sp³-hybridized carbons (Fsp3) is 0.417. The van der Waals surface area contributed by atoms with Gasteiger partial charge in [0.1, 0.15) is 42.8 Å². The van der Waals surface area contributed by atoms with Crippen molar-refractivity contribution in [2.24, 2.45) is 0 Å². The van der Waals surface area contributed by atoms with Crippen molar-refractivity contribution in [3.63, 3.8) is 0 Å². The topological polar surface area (TPSA) is 205 Å². The molecular weight excluding hydrogens is 952 g/mol. The lowest BCUT2D eigenvalue weighted by Gasteiger charge is -2.30. The summed E-state index contributed by atoms with van der Waals surface area (Å²) >= 11 is 12.6. The fourth-order valence-electron chi connectivity index (χ4n) is 10.6. The lowest BCUT2D eigenvalue weighted by atomic mass is 10.0. The van der Waals surface area contributed by atoms with E-state index in [4.69, 9.17) is 42.2 Å². The van der Waals surface area contributed by atoms with Crippen molar-refractivity contribution < 1.29 is 35.5 Å². The molecule has 0 unspecified atom stereocenters. The molecule has 356 valence electrons. The highest BCUT2D eigenvalue weighted by atomic mass is 35.5. The maximum Gasteiger partial charge on any atom is 0.227 e. The molecule has 2 atom stereocenters. The summed E-state index contributed by atoms with van der Waals surface area (Å²) in [4.78, 5) is 36.8. The average Bonchev–Trinajstić information content (AvgIpc) is 4.15. The zero-order valence-electron chi connectivity index (χ0n) is 38.0. The molecule has 0 aliphatic carbocycles. The number of benzene rings is 3. The largest absolute Gasteiger partial charge is 0.361 e. The molecule has 1 N–H and O–H groups in total. The van der Waals surface area contributed by atoms with Gasteiger partial charge in [0.15, 0.2) is 0 Å². The van der Waals surface area contributed by atoms with Crippen LogP contribution in [0, 0.1) is 27.7 Å². The number of carbonyl (C=O) groups is 2. The third-order valence-electron chi connectivity index (χ3n) is 13.8. The Morgan fingerprint density at radius 1 is 0.618 bits per heavy atom. The number of sulfone groups is 2. The van der Waals surface area contributed by atoms with Gasteiger partial charge < -0.3 is 28.4 Å². The summed E-state index contributed by atoms with van der Waals surface area (Å²) in [5, 5.41) is 12.0. The minimum Gasteiger partial charge on any atom is -0.361 e. The summed E-state index contributed by atoms with van der Waals surface area (Å²) in [5.74, 6) is 3.66. The van der Waals surface area contributed by atoms with Crippen molar-refractivity contribution in [3.8, 4) is 22.3 Å². The van der Waals surface area contributed by atoms with Crippen LogP contribution in [0.4, 0.5) is 5.69 Å². The third-order valence-corrected chi connectivity index (χ3v) is 17.7. The predicted octanol–water partition coefficient (Wildman–Crippen LogP) is 9.24. The number of aryl methyl sites for hydroxylation is 4. The Morgan fingerprint density at radius 2 is 1.10 bits per heavy atom. The number of nitrogens with zero attached hydrogens (tertiary/aromatic N) is 7. The summed E-state index contributed by atoms with van der Waals surface area (Å²) in [7, 11) is -6.02. The van der Waals surface area contributed by atoms with Crippen LogP contribution in [-0.4, -0.2) is 81.1 Å². The first-order valence-electron chi connectivity index (χ1n) is 22.8. The molecule has 11 rings (SSSR count). The van der Waals surface area contributed by atoms with E-state index in [9.17, 15) is 26.4 Å². The number of hydrogen-bond acceptors (Lipinski definition) is 12. The molecule has 3 aromatic carbocycles. The van der Waals surface area contributed by atoms with Crippen LogP contribution >= 0.6 is 23.2 Å². The summed E-state index contributed by atoms with van der Waals surface area (Å²) in [5.41, 5.74) is 9.53. The zero-order chi connectivity index (χ0) is 47.8. The van der Waals surface area contributed by atoms with Gasteiger partial charge in [0.05, 0.1) is 68.5 Å². The Labute approximate surface area is 403 Å². The molecule has 4 aliphatic heterocycles. The molecule has 4 fully saturated rings. The molecule has 0 radical (unpaired) electrons. The van der Waals surface area contributed by atoms with E-state index in [0.29, 0.717) is 67.1 Å². The van der Waals surface area contributed by atoms with Crippen LogP contribution < -0.4 is 10.2 Å².